The van der Waals surface area contributed by atoms with Crippen LogP contribution >= 0.6 is 46.7 Å². The highest BCUT2D eigenvalue weighted by Gasteiger charge is 2.14. The van der Waals surface area contributed by atoms with E-state index in [4.69, 9.17) is 28.2 Å². The van der Waals surface area contributed by atoms with Gasteiger partial charge in [-0.15, -0.1) is 11.8 Å². The standard InChI is InChI=1S/C23H25Cl2NS2/c1-17-7-9-21(10-8-17)26-23(28-16-18-5-3-2-4-6-18)11-12-27-22-14-19(24)13-20(25)15-22/h7-15,18H,2-6,16H2,1H3. The molecule has 0 atom stereocenters. The molecule has 1 aliphatic rings. The van der Waals surface area contributed by atoms with Crippen molar-refractivity contribution < 1.29 is 0 Å². The summed E-state index contributed by atoms with van der Waals surface area (Å²) in [6, 6.07) is 14.0. The lowest BCUT2D eigenvalue weighted by Gasteiger charge is -2.20. The van der Waals surface area contributed by atoms with Crippen molar-refractivity contribution in [2.24, 2.45) is 10.9 Å². The molecule has 0 spiro atoms. The van der Waals surface area contributed by atoms with Gasteiger partial charge in [-0.1, -0.05) is 71.9 Å². The fourth-order valence-corrected chi connectivity index (χ4v) is 5.75. The van der Waals surface area contributed by atoms with Crippen LogP contribution in [0.25, 0.3) is 0 Å². The van der Waals surface area contributed by atoms with Gasteiger partial charge in [0.2, 0.25) is 0 Å². The summed E-state index contributed by atoms with van der Waals surface area (Å²) >= 11 is 15.7. The van der Waals surface area contributed by atoms with Crippen molar-refractivity contribution in [3.63, 3.8) is 0 Å². The molecule has 5 heteroatoms. The zero-order valence-corrected chi connectivity index (χ0v) is 19.2. The molecule has 3 rings (SSSR count). The summed E-state index contributed by atoms with van der Waals surface area (Å²) in [6.07, 6.45) is 8.94. The molecule has 0 unspecified atom stereocenters. The Morgan fingerprint density at radius 1 is 1.04 bits per heavy atom. The third kappa shape index (κ3) is 7.51. The first-order valence-electron chi connectivity index (χ1n) is 9.66. The minimum atomic E-state index is 0.656. The molecule has 0 saturated heterocycles. The van der Waals surface area contributed by atoms with Crippen molar-refractivity contribution in [2.75, 3.05) is 5.75 Å². The van der Waals surface area contributed by atoms with Crippen LogP contribution in [-0.2, 0) is 0 Å². The highest BCUT2D eigenvalue weighted by atomic mass is 35.5. The average molecular weight is 451 g/mol. The highest BCUT2D eigenvalue weighted by molar-refractivity contribution is 8.14. The van der Waals surface area contributed by atoms with Crippen molar-refractivity contribution in [2.45, 2.75) is 43.9 Å². The van der Waals surface area contributed by atoms with E-state index < -0.39 is 0 Å². The van der Waals surface area contributed by atoms with Gasteiger partial charge >= 0.3 is 0 Å². The molecule has 0 radical (unpaired) electrons. The zero-order chi connectivity index (χ0) is 19.8. The molecule has 0 bridgehead atoms. The minimum absolute atomic E-state index is 0.656. The maximum Gasteiger partial charge on any atom is 0.0972 e. The minimum Gasteiger partial charge on any atom is -0.242 e. The quantitative estimate of drug-likeness (QED) is 0.247. The number of aryl methyl sites for hydroxylation is 1. The largest absolute Gasteiger partial charge is 0.242 e. The average Bonchev–Trinajstić information content (AvgIpc) is 2.68. The fourth-order valence-electron chi connectivity index (χ4n) is 3.19. The lowest BCUT2D eigenvalue weighted by atomic mass is 9.91. The van der Waals surface area contributed by atoms with Crippen LogP contribution in [0, 0.1) is 12.8 Å². The predicted octanol–water partition coefficient (Wildman–Crippen LogP) is 8.95. The lowest BCUT2D eigenvalue weighted by Crippen LogP contribution is -2.09. The van der Waals surface area contributed by atoms with E-state index in [1.807, 2.05) is 23.9 Å². The molecule has 0 aliphatic heterocycles. The van der Waals surface area contributed by atoms with Crippen molar-refractivity contribution >= 4 is 57.5 Å². The van der Waals surface area contributed by atoms with Gasteiger partial charge < -0.3 is 0 Å². The number of halogens is 2. The van der Waals surface area contributed by atoms with Gasteiger partial charge in [0.05, 0.1) is 10.7 Å². The SMILES string of the molecule is Cc1ccc(N=C(C=CSc2cc(Cl)cc(Cl)c2)SCC2CCCCC2)cc1. The van der Waals surface area contributed by atoms with Gasteiger partial charge in [-0.2, -0.15) is 0 Å². The molecule has 0 amide bonds. The molecule has 148 valence electrons. The Balaban J connectivity index is 1.69. The van der Waals surface area contributed by atoms with Gasteiger partial charge in [-0.25, -0.2) is 4.99 Å². The maximum atomic E-state index is 6.10. The molecule has 1 fully saturated rings. The molecular formula is C23H25Cl2NS2. The first-order valence-corrected chi connectivity index (χ1v) is 12.3. The van der Waals surface area contributed by atoms with Crippen LogP contribution in [0.1, 0.15) is 37.7 Å². The number of hydrogen-bond donors (Lipinski definition) is 0. The van der Waals surface area contributed by atoms with Crippen LogP contribution in [0.3, 0.4) is 0 Å². The second kappa shape index (κ2) is 11.3. The number of aliphatic imine (C=N–C) groups is 1. The van der Waals surface area contributed by atoms with Crippen molar-refractivity contribution in [1.29, 1.82) is 0 Å². The summed E-state index contributed by atoms with van der Waals surface area (Å²) in [6.45, 7) is 2.10. The fraction of sp³-hybridized carbons (Fsp3) is 0.348. The van der Waals surface area contributed by atoms with Crippen molar-refractivity contribution in [1.82, 2.24) is 0 Å². The van der Waals surface area contributed by atoms with Gasteiger partial charge in [0, 0.05) is 20.7 Å². The van der Waals surface area contributed by atoms with E-state index in [0.717, 1.165) is 27.3 Å². The summed E-state index contributed by atoms with van der Waals surface area (Å²) in [5, 5.41) is 4.44. The molecule has 2 aromatic rings. The summed E-state index contributed by atoms with van der Waals surface area (Å²) < 4.78 is 0. The molecule has 28 heavy (non-hydrogen) atoms. The van der Waals surface area contributed by atoms with Gasteiger partial charge in [-0.3, -0.25) is 0 Å². The molecule has 1 nitrogen and oxygen atoms in total. The van der Waals surface area contributed by atoms with E-state index in [9.17, 15) is 0 Å². The van der Waals surface area contributed by atoms with Gasteiger partial charge in [-0.05, 0) is 67.5 Å². The molecule has 0 heterocycles. The second-order valence-corrected chi connectivity index (χ2v) is 10.0. The Kier molecular flexibility index (Phi) is 8.85. The molecule has 1 saturated carbocycles. The van der Waals surface area contributed by atoms with Crippen LogP contribution in [0.5, 0.6) is 0 Å². The zero-order valence-electron chi connectivity index (χ0n) is 16.0. The number of benzene rings is 2. The highest BCUT2D eigenvalue weighted by Crippen LogP contribution is 2.30. The van der Waals surface area contributed by atoms with Gasteiger partial charge in [0.15, 0.2) is 0 Å². The molecular weight excluding hydrogens is 425 g/mol. The third-order valence-corrected chi connectivity index (χ3v) is 7.09. The lowest BCUT2D eigenvalue weighted by molar-refractivity contribution is 0.391. The van der Waals surface area contributed by atoms with E-state index in [2.05, 4.69) is 42.7 Å². The van der Waals surface area contributed by atoms with E-state index >= 15 is 0 Å². The Morgan fingerprint density at radius 2 is 1.71 bits per heavy atom. The Labute approximate surface area is 187 Å². The predicted molar refractivity (Wildman–Crippen MR) is 129 cm³/mol. The van der Waals surface area contributed by atoms with E-state index in [1.165, 1.54) is 37.7 Å². The molecule has 0 aromatic heterocycles. The topological polar surface area (TPSA) is 12.4 Å². The summed E-state index contributed by atoms with van der Waals surface area (Å²) in [4.78, 5) is 5.91. The van der Waals surface area contributed by atoms with Crippen LogP contribution < -0.4 is 0 Å². The molecule has 2 aromatic carbocycles. The number of rotatable bonds is 6. The first kappa shape index (κ1) is 21.8. The number of nitrogens with zero attached hydrogens (tertiary/aromatic N) is 1. The van der Waals surface area contributed by atoms with E-state index in [0.29, 0.717) is 10.0 Å². The maximum absolute atomic E-state index is 6.10. The van der Waals surface area contributed by atoms with Gasteiger partial charge in [0.25, 0.3) is 0 Å². The normalized spacial score (nSPS) is 16.0. The third-order valence-electron chi connectivity index (χ3n) is 4.72. The molecule has 0 N–H and O–H groups in total. The monoisotopic (exact) mass is 449 g/mol. The first-order chi connectivity index (χ1) is 13.6. The Bertz CT molecular complexity index is 805. The number of thioether (sulfide) groups is 2. The van der Waals surface area contributed by atoms with Gasteiger partial charge in [0.1, 0.15) is 0 Å². The van der Waals surface area contributed by atoms with Crippen molar-refractivity contribution in [3.05, 3.63) is 69.6 Å². The van der Waals surface area contributed by atoms with E-state index in [1.54, 1.807) is 17.8 Å². The van der Waals surface area contributed by atoms with Crippen LogP contribution in [0.2, 0.25) is 10.0 Å². The molecule has 1 aliphatic carbocycles. The van der Waals surface area contributed by atoms with Crippen LogP contribution in [0.15, 0.2) is 63.8 Å². The Morgan fingerprint density at radius 3 is 2.39 bits per heavy atom. The Hall–Kier alpha value is -0.870. The van der Waals surface area contributed by atoms with Crippen LogP contribution in [-0.4, -0.2) is 10.8 Å². The second-order valence-electron chi connectivity index (χ2n) is 7.13. The van der Waals surface area contributed by atoms with Crippen molar-refractivity contribution in [3.8, 4) is 0 Å². The summed E-state index contributed by atoms with van der Waals surface area (Å²) in [5.74, 6) is 1.96. The summed E-state index contributed by atoms with van der Waals surface area (Å²) in [5.41, 5.74) is 2.25. The van der Waals surface area contributed by atoms with E-state index in [-0.39, 0.29) is 0 Å². The smallest absolute Gasteiger partial charge is 0.0972 e. The summed E-state index contributed by atoms with van der Waals surface area (Å²) in [7, 11) is 0. The number of hydrogen-bond acceptors (Lipinski definition) is 3. The van der Waals surface area contributed by atoms with Crippen LogP contribution in [0.4, 0.5) is 5.69 Å².